The largest absolute Gasteiger partial charge is 0.507 e. The van der Waals surface area contributed by atoms with Crippen molar-refractivity contribution in [2.24, 2.45) is 0 Å². The fourth-order valence-electron chi connectivity index (χ4n) is 2.35. The number of benzene rings is 2. The van der Waals surface area contributed by atoms with E-state index in [0.717, 1.165) is 34.7 Å². The van der Waals surface area contributed by atoms with E-state index in [1.165, 1.54) is 0 Å². The lowest BCUT2D eigenvalue weighted by atomic mass is 10.2. The van der Waals surface area contributed by atoms with Crippen LogP contribution in [0.5, 0.6) is 5.75 Å². The van der Waals surface area contributed by atoms with E-state index in [-0.39, 0.29) is 5.75 Å². The molecule has 3 rings (SSSR count). The Hall–Kier alpha value is -1.94. The van der Waals surface area contributed by atoms with Crippen molar-refractivity contribution in [1.82, 2.24) is 9.55 Å². The van der Waals surface area contributed by atoms with E-state index in [0.29, 0.717) is 0 Å². The summed E-state index contributed by atoms with van der Waals surface area (Å²) in [5.41, 5.74) is 2.86. The van der Waals surface area contributed by atoms with Gasteiger partial charge in [0.15, 0.2) is 0 Å². The zero-order valence-electron chi connectivity index (χ0n) is 11.3. The third-order valence-corrected chi connectivity index (χ3v) is 3.91. The number of aromatic hydroxyl groups is 1. The molecule has 20 heavy (non-hydrogen) atoms. The van der Waals surface area contributed by atoms with Crippen molar-refractivity contribution in [1.29, 1.82) is 0 Å². The number of hydrogen-bond donors (Lipinski definition) is 1. The molecule has 0 spiro atoms. The van der Waals surface area contributed by atoms with Crippen molar-refractivity contribution in [3.05, 3.63) is 48.5 Å². The molecule has 0 fully saturated rings. The van der Waals surface area contributed by atoms with E-state index >= 15 is 0 Å². The second kappa shape index (κ2) is 5.59. The summed E-state index contributed by atoms with van der Waals surface area (Å²) >= 11 is 1.81. The Morgan fingerprint density at radius 3 is 2.65 bits per heavy atom. The third-order valence-electron chi connectivity index (χ3n) is 3.32. The Labute approximate surface area is 122 Å². The second-order valence-corrected chi connectivity index (χ2v) is 5.57. The first kappa shape index (κ1) is 13.1. The van der Waals surface area contributed by atoms with Gasteiger partial charge in [-0.15, -0.1) is 0 Å². The Balaban J connectivity index is 2.21. The molecule has 0 bridgehead atoms. The first-order valence-corrected chi connectivity index (χ1v) is 7.93. The zero-order chi connectivity index (χ0) is 13.9. The van der Waals surface area contributed by atoms with Crippen molar-refractivity contribution in [2.45, 2.75) is 6.54 Å². The topological polar surface area (TPSA) is 38.0 Å². The van der Waals surface area contributed by atoms with Crippen LogP contribution in [0.4, 0.5) is 0 Å². The molecule has 0 saturated carbocycles. The number of aromatic nitrogens is 2. The summed E-state index contributed by atoms with van der Waals surface area (Å²) in [5, 5.41) is 10.1. The van der Waals surface area contributed by atoms with Crippen LogP contribution in [-0.4, -0.2) is 26.7 Å². The minimum Gasteiger partial charge on any atom is -0.507 e. The molecule has 0 radical (unpaired) electrons. The molecule has 3 nitrogen and oxygen atoms in total. The van der Waals surface area contributed by atoms with Crippen LogP contribution in [0.1, 0.15) is 0 Å². The average Bonchev–Trinajstić information content (AvgIpc) is 2.84. The van der Waals surface area contributed by atoms with Crippen molar-refractivity contribution in [3.63, 3.8) is 0 Å². The lowest BCUT2D eigenvalue weighted by molar-refractivity contribution is 0.476. The molecule has 0 atom stereocenters. The molecule has 1 aromatic heterocycles. The predicted octanol–water partition coefficient (Wildman–Crippen LogP) is 3.77. The van der Waals surface area contributed by atoms with E-state index in [2.05, 4.69) is 16.9 Å². The molecule has 4 heteroatoms. The fourth-order valence-corrected chi connectivity index (χ4v) is 2.72. The molecule has 3 aromatic rings. The summed E-state index contributed by atoms with van der Waals surface area (Å²) in [5.74, 6) is 2.12. The quantitative estimate of drug-likeness (QED) is 0.792. The van der Waals surface area contributed by atoms with Crippen molar-refractivity contribution >= 4 is 22.8 Å². The number of thioether (sulfide) groups is 1. The molecule has 2 aromatic carbocycles. The molecular formula is C16H16N2OS. The van der Waals surface area contributed by atoms with Crippen molar-refractivity contribution in [2.75, 3.05) is 12.0 Å². The van der Waals surface area contributed by atoms with Crippen LogP contribution < -0.4 is 0 Å². The Morgan fingerprint density at radius 2 is 1.85 bits per heavy atom. The molecule has 102 valence electrons. The first-order chi connectivity index (χ1) is 9.81. The van der Waals surface area contributed by atoms with Crippen LogP contribution in [0.2, 0.25) is 0 Å². The number of aryl methyl sites for hydroxylation is 1. The number of phenolic OH excluding ortho intramolecular Hbond substituents is 1. The SMILES string of the molecule is CSCCn1c(-c2ccccc2O)nc2ccccc21. The van der Waals surface area contributed by atoms with Gasteiger partial charge in [0.1, 0.15) is 11.6 Å². The summed E-state index contributed by atoms with van der Waals surface area (Å²) in [7, 11) is 0. The number of phenols is 1. The maximum atomic E-state index is 10.1. The summed E-state index contributed by atoms with van der Waals surface area (Å²) in [6.45, 7) is 0.880. The standard InChI is InChI=1S/C16H16N2OS/c1-20-11-10-18-14-8-4-3-7-13(14)17-16(18)12-6-2-5-9-15(12)19/h2-9,19H,10-11H2,1H3. The lowest BCUT2D eigenvalue weighted by Gasteiger charge is -2.09. The van der Waals surface area contributed by atoms with E-state index in [1.54, 1.807) is 17.8 Å². The smallest absolute Gasteiger partial charge is 0.144 e. The normalized spacial score (nSPS) is 11.1. The molecule has 1 N–H and O–H groups in total. The van der Waals surface area contributed by atoms with Crippen LogP contribution in [0.3, 0.4) is 0 Å². The van der Waals surface area contributed by atoms with E-state index in [9.17, 15) is 5.11 Å². The van der Waals surface area contributed by atoms with Gasteiger partial charge >= 0.3 is 0 Å². The molecule has 0 amide bonds. The summed E-state index contributed by atoms with van der Waals surface area (Å²) in [4.78, 5) is 4.69. The molecule has 0 aliphatic carbocycles. The van der Waals surface area contributed by atoms with Crippen molar-refractivity contribution in [3.8, 4) is 17.1 Å². The van der Waals surface area contributed by atoms with E-state index in [4.69, 9.17) is 4.98 Å². The van der Waals surface area contributed by atoms with Crippen LogP contribution in [0.15, 0.2) is 48.5 Å². The molecule has 0 aliphatic rings. The number of nitrogens with zero attached hydrogens (tertiary/aromatic N) is 2. The monoisotopic (exact) mass is 284 g/mol. The Bertz CT molecular complexity index is 736. The van der Waals surface area contributed by atoms with Crippen LogP contribution >= 0.6 is 11.8 Å². The summed E-state index contributed by atoms with van der Waals surface area (Å²) in [6, 6.07) is 15.5. The van der Waals surface area contributed by atoms with E-state index < -0.39 is 0 Å². The maximum Gasteiger partial charge on any atom is 0.144 e. The molecule has 0 aliphatic heterocycles. The molecule has 1 heterocycles. The van der Waals surface area contributed by atoms with Gasteiger partial charge in [0.25, 0.3) is 0 Å². The zero-order valence-corrected chi connectivity index (χ0v) is 12.1. The van der Waals surface area contributed by atoms with Crippen LogP contribution in [-0.2, 0) is 6.54 Å². The van der Waals surface area contributed by atoms with E-state index in [1.807, 2.05) is 36.4 Å². The highest BCUT2D eigenvalue weighted by atomic mass is 32.2. The van der Waals surface area contributed by atoms with Gasteiger partial charge in [-0.25, -0.2) is 4.98 Å². The lowest BCUT2D eigenvalue weighted by Crippen LogP contribution is -2.02. The fraction of sp³-hybridized carbons (Fsp3) is 0.188. The van der Waals surface area contributed by atoms with Gasteiger partial charge < -0.3 is 9.67 Å². The Kier molecular flexibility index (Phi) is 3.65. The summed E-state index contributed by atoms with van der Waals surface area (Å²) in [6.07, 6.45) is 2.10. The number of para-hydroxylation sites is 3. The third kappa shape index (κ3) is 2.27. The van der Waals surface area contributed by atoms with Gasteiger partial charge in [-0.3, -0.25) is 0 Å². The van der Waals surface area contributed by atoms with Gasteiger partial charge in [0, 0.05) is 12.3 Å². The van der Waals surface area contributed by atoms with Gasteiger partial charge in [-0.1, -0.05) is 24.3 Å². The number of rotatable bonds is 4. The van der Waals surface area contributed by atoms with Crippen LogP contribution in [0, 0.1) is 0 Å². The molecule has 0 saturated heterocycles. The highest BCUT2D eigenvalue weighted by Gasteiger charge is 2.14. The van der Waals surface area contributed by atoms with Crippen LogP contribution in [0.25, 0.3) is 22.4 Å². The van der Waals surface area contributed by atoms with Gasteiger partial charge in [-0.2, -0.15) is 11.8 Å². The first-order valence-electron chi connectivity index (χ1n) is 6.54. The highest BCUT2D eigenvalue weighted by molar-refractivity contribution is 7.98. The van der Waals surface area contributed by atoms with Gasteiger partial charge in [0.2, 0.25) is 0 Å². The number of imidazole rings is 1. The number of fused-ring (bicyclic) bond motifs is 1. The Morgan fingerprint density at radius 1 is 1.10 bits per heavy atom. The van der Waals surface area contributed by atoms with Crippen molar-refractivity contribution < 1.29 is 5.11 Å². The second-order valence-electron chi connectivity index (χ2n) is 4.59. The summed E-state index contributed by atoms with van der Waals surface area (Å²) < 4.78 is 2.18. The maximum absolute atomic E-state index is 10.1. The highest BCUT2D eigenvalue weighted by Crippen LogP contribution is 2.31. The predicted molar refractivity (Wildman–Crippen MR) is 85.2 cm³/mol. The molecule has 0 unspecified atom stereocenters. The average molecular weight is 284 g/mol. The number of hydrogen-bond acceptors (Lipinski definition) is 3. The minimum absolute atomic E-state index is 0.271. The van der Waals surface area contributed by atoms with Gasteiger partial charge in [-0.05, 0) is 30.5 Å². The minimum atomic E-state index is 0.271. The van der Waals surface area contributed by atoms with Gasteiger partial charge in [0.05, 0.1) is 16.6 Å². The molecular weight excluding hydrogens is 268 g/mol.